The molecule has 0 radical (unpaired) electrons. The van der Waals surface area contributed by atoms with Gasteiger partial charge >= 0.3 is 0 Å². The molecule has 80 valence electrons. The summed E-state index contributed by atoms with van der Waals surface area (Å²) in [5.41, 5.74) is 0.384. The van der Waals surface area contributed by atoms with Crippen molar-refractivity contribution in [3.05, 3.63) is 0 Å². The summed E-state index contributed by atoms with van der Waals surface area (Å²) in [4.78, 5) is 2.36. The highest BCUT2D eigenvalue weighted by Gasteiger charge is 2.40. The number of hydrogen-bond acceptors (Lipinski definition) is 2. The van der Waals surface area contributed by atoms with Crippen LogP contribution in [0.1, 0.15) is 45.4 Å². The Morgan fingerprint density at radius 1 is 1.29 bits per heavy atom. The maximum Gasteiger partial charge on any atom is 0.156 e. The molecular formula is C11H20N2S. The van der Waals surface area contributed by atoms with Gasteiger partial charge in [0, 0.05) is 17.8 Å². The van der Waals surface area contributed by atoms with Crippen LogP contribution in [-0.2, 0) is 0 Å². The smallest absolute Gasteiger partial charge is 0.156 e. The molecule has 1 aliphatic carbocycles. The second-order valence-electron chi connectivity index (χ2n) is 4.43. The summed E-state index contributed by atoms with van der Waals surface area (Å²) in [5.74, 6) is 1.16. The van der Waals surface area contributed by atoms with E-state index in [-0.39, 0.29) is 0 Å². The lowest BCUT2D eigenvalue weighted by Crippen LogP contribution is -2.54. The van der Waals surface area contributed by atoms with Gasteiger partial charge in [-0.15, -0.1) is 0 Å². The summed E-state index contributed by atoms with van der Waals surface area (Å²) < 4.78 is 0. The van der Waals surface area contributed by atoms with Crippen LogP contribution in [0.4, 0.5) is 0 Å². The minimum atomic E-state index is 0.384. The fraction of sp³-hybridized carbons (Fsp3) is 0.909. The predicted octanol–water partition coefficient (Wildman–Crippen LogP) is 3.08. The quantitative estimate of drug-likeness (QED) is 0.723. The second-order valence-corrected chi connectivity index (χ2v) is 5.52. The number of nitrogens with zero attached hydrogens (tertiary/aromatic N) is 1. The zero-order valence-electron chi connectivity index (χ0n) is 9.01. The minimum absolute atomic E-state index is 0.384. The second kappa shape index (κ2) is 4.13. The average Bonchev–Trinajstić information content (AvgIpc) is 2.19. The zero-order valence-corrected chi connectivity index (χ0v) is 9.83. The van der Waals surface area contributed by atoms with Crippen LogP contribution in [0, 0.1) is 5.41 Å². The molecule has 2 aliphatic rings. The standard InChI is InChI=1S/C11H20N2S/c1-2-13-10(12)14-9-8-11(13)6-4-3-5-7-11/h12H,2-9H2,1H3. The monoisotopic (exact) mass is 212 g/mol. The Kier molecular flexibility index (Phi) is 3.05. The Labute approximate surface area is 90.9 Å². The van der Waals surface area contributed by atoms with Gasteiger partial charge in [-0.2, -0.15) is 0 Å². The number of thioether (sulfide) groups is 1. The molecule has 2 fully saturated rings. The van der Waals surface area contributed by atoms with Crippen molar-refractivity contribution >= 4 is 16.9 Å². The molecular weight excluding hydrogens is 192 g/mol. The molecule has 3 heteroatoms. The third-order valence-corrected chi connectivity index (χ3v) is 4.63. The molecule has 1 N–H and O–H groups in total. The van der Waals surface area contributed by atoms with Crippen LogP contribution in [-0.4, -0.2) is 27.9 Å². The summed E-state index contributed by atoms with van der Waals surface area (Å²) in [6.07, 6.45) is 8.09. The lowest BCUT2D eigenvalue weighted by atomic mass is 9.78. The molecule has 1 saturated carbocycles. The SMILES string of the molecule is CCN1C(=N)SCCC12CCCCC2. The molecule has 0 amide bonds. The van der Waals surface area contributed by atoms with E-state index in [2.05, 4.69) is 11.8 Å². The van der Waals surface area contributed by atoms with E-state index in [0.717, 1.165) is 17.5 Å². The van der Waals surface area contributed by atoms with Crippen LogP contribution in [0.15, 0.2) is 0 Å². The molecule has 0 atom stereocenters. The van der Waals surface area contributed by atoms with Crippen LogP contribution >= 0.6 is 11.8 Å². The number of rotatable bonds is 1. The van der Waals surface area contributed by atoms with E-state index in [1.807, 2.05) is 0 Å². The molecule has 0 aromatic heterocycles. The van der Waals surface area contributed by atoms with Crippen molar-refractivity contribution in [3.63, 3.8) is 0 Å². The zero-order chi connectivity index (χ0) is 10.0. The highest BCUT2D eigenvalue weighted by molar-refractivity contribution is 8.13. The van der Waals surface area contributed by atoms with E-state index in [9.17, 15) is 0 Å². The van der Waals surface area contributed by atoms with Crippen LogP contribution in [0.25, 0.3) is 0 Å². The van der Waals surface area contributed by atoms with Gasteiger partial charge < -0.3 is 4.90 Å². The minimum Gasteiger partial charge on any atom is -0.346 e. The maximum atomic E-state index is 8.00. The molecule has 1 aliphatic heterocycles. The fourth-order valence-corrected chi connectivity index (χ4v) is 4.13. The van der Waals surface area contributed by atoms with Gasteiger partial charge in [0.15, 0.2) is 5.17 Å². The van der Waals surface area contributed by atoms with Crippen molar-refractivity contribution in [1.29, 1.82) is 5.41 Å². The molecule has 0 aromatic carbocycles. The molecule has 2 nitrogen and oxygen atoms in total. The van der Waals surface area contributed by atoms with Gasteiger partial charge in [-0.3, -0.25) is 5.41 Å². The molecule has 0 bridgehead atoms. The average molecular weight is 212 g/mol. The van der Waals surface area contributed by atoms with Gasteiger partial charge in [-0.05, 0) is 26.2 Å². The van der Waals surface area contributed by atoms with E-state index >= 15 is 0 Å². The third-order valence-electron chi connectivity index (χ3n) is 3.72. The molecule has 1 saturated heterocycles. The maximum absolute atomic E-state index is 8.00. The number of nitrogens with one attached hydrogen (secondary N) is 1. The van der Waals surface area contributed by atoms with Gasteiger partial charge in [0.25, 0.3) is 0 Å². The van der Waals surface area contributed by atoms with E-state index in [4.69, 9.17) is 5.41 Å². The number of amidine groups is 1. The van der Waals surface area contributed by atoms with Gasteiger partial charge in [0.05, 0.1) is 0 Å². The number of hydrogen-bond donors (Lipinski definition) is 1. The fourth-order valence-electron chi connectivity index (χ4n) is 2.97. The normalized spacial score (nSPS) is 26.9. The first kappa shape index (κ1) is 10.3. The summed E-state index contributed by atoms with van der Waals surface area (Å²) >= 11 is 1.73. The highest BCUT2D eigenvalue weighted by atomic mass is 32.2. The topological polar surface area (TPSA) is 27.1 Å². The van der Waals surface area contributed by atoms with Crippen LogP contribution in [0.2, 0.25) is 0 Å². The highest BCUT2D eigenvalue weighted by Crippen LogP contribution is 2.41. The summed E-state index contributed by atoms with van der Waals surface area (Å²) in [6.45, 7) is 3.21. The Bertz CT molecular complexity index is 216. The Morgan fingerprint density at radius 2 is 2.00 bits per heavy atom. The van der Waals surface area contributed by atoms with Gasteiger partial charge in [0.1, 0.15) is 0 Å². The van der Waals surface area contributed by atoms with Crippen molar-refractivity contribution in [2.45, 2.75) is 51.0 Å². The molecule has 2 rings (SSSR count). The summed E-state index contributed by atoms with van der Waals surface area (Å²) in [7, 11) is 0. The van der Waals surface area contributed by atoms with E-state index in [1.54, 1.807) is 11.8 Å². The first-order valence-electron chi connectivity index (χ1n) is 5.77. The Balaban J connectivity index is 2.16. The van der Waals surface area contributed by atoms with Crippen molar-refractivity contribution < 1.29 is 0 Å². The Morgan fingerprint density at radius 3 is 2.64 bits per heavy atom. The summed E-state index contributed by atoms with van der Waals surface area (Å²) in [6, 6.07) is 0. The summed E-state index contributed by atoms with van der Waals surface area (Å²) in [5, 5.41) is 8.82. The Hall–Kier alpha value is -0.180. The molecule has 0 unspecified atom stereocenters. The largest absolute Gasteiger partial charge is 0.346 e. The van der Waals surface area contributed by atoms with Crippen molar-refractivity contribution in [1.82, 2.24) is 4.90 Å². The van der Waals surface area contributed by atoms with Crippen LogP contribution < -0.4 is 0 Å². The lowest BCUT2D eigenvalue weighted by molar-refractivity contribution is 0.117. The predicted molar refractivity (Wildman–Crippen MR) is 63.0 cm³/mol. The van der Waals surface area contributed by atoms with Gasteiger partial charge in [-0.25, -0.2) is 0 Å². The van der Waals surface area contributed by atoms with Crippen LogP contribution in [0.3, 0.4) is 0 Å². The van der Waals surface area contributed by atoms with Crippen molar-refractivity contribution in [2.75, 3.05) is 12.3 Å². The van der Waals surface area contributed by atoms with Crippen molar-refractivity contribution in [2.24, 2.45) is 0 Å². The van der Waals surface area contributed by atoms with Crippen molar-refractivity contribution in [3.8, 4) is 0 Å². The molecule has 14 heavy (non-hydrogen) atoms. The van der Waals surface area contributed by atoms with Crippen LogP contribution in [0.5, 0.6) is 0 Å². The first-order chi connectivity index (χ1) is 6.78. The molecule has 1 heterocycles. The van der Waals surface area contributed by atoms with E-state index < -0.39 is 0 Å². The first-order valence-corrected chi connectivity index (χ1v) is 6.76. The van der Waals surface area contributed by atoms with E-state index in [0.29, 0.717) is 5.54 Å². The van der Waals surface area contributed by atoms with Gasteiger partial charge in [0.2, 0.25) is 0 Å². The van der Waals surface area contributed by atoms with E-state index in [1.165, 1.54) is 38.5 Å². The lowest BCUT2D eigenvalue weighted by Gasteiger charge is -2.50. The molecule has 1 spiro atoms. The van der Waals surface area contributed by atoms with Gasteiger partial charge in [-0.1, -0.05) is 31.0 Å². The third kappa shape index (κ3) is 1.67. The molecule has 0 aromatic rings.